The molecule has 0 spiro atoms. The van der Waals surface area contributed by atoms with Crippen molar-refractivity contribution >= 4 is 17.3 Å². The molecule has 1 aliphatic heterocycles. The molecule has 0 fully saturated rings. The van der Waals surface area contributed by atoms with Crippen LogP contribution in [0.2, 0.25) is 0 Å². The molecular weight excluding hydrogens is 332 g/mol. The Morgan fingerprint density at radius 3 is 2.68 bits per heavy atom. The molecule has 0 aliphatic carbocycles. The molecule has 1 heterocycles. The van der Waals surface area contributed by atoms with Gasteiger partial charge in [-0.1, -0.05) is 12.1 Å². The van der Waals surface area contributed by atoms with E-state index in [1.807, 2.05) is 0 Å². The van der Waals surface area contributed by atoms with Crippen molar-refractivity contribution in [2.24, 2.45) is 0 Å². The lowest BCUT2D eigenvalue weighted by Crippen LogP contribution is -2.16. The normalized spacial score (nSPS) is 11.8. The van der Waals surface area contributed by atoms with E-state index in [9.17, 15) is 14.9 Å². The van der Waals surface area contributed by atoms with Crippen molar-refractivity contribution in [1.29, 1.82) is 0 Å². The van der Waals surface area contributed by atoms with Gasteiger partial charge in [-0.05, 0) is 12.1 Å². The Balaban J connectivity index is 2.09. The monoisotopic (exact) mass is 346 g/mol. The van der Waals surface area contributed by atoms with E-state index in [0.717, 1.165) is 6.07 Å². The van der Waals surface area contributed by atoms with Gasteiger partial charge in [0, 0.05) is 0 Å². The lowest BCUT2D eigenvalue weighted by atomic mass is 10.1. The van der Waals surface area contributed by atoms with Gasteiger partial charge >= 0.3 is 0 Å². The molecule has 0 aromatic heterocycles. The molecule has 130 valence electrons. The lowest BCUT2D eigenvalue weighted by molar-refractivity contribution is -0.385. The third kappa shape index (κ3) is 2.87. The third-order valence-electron chi connectivity index (χ3n) is 3.58. The molecule has 0 saturated carbocycles. The van der Waals surface area contributed by atoms with Crippen molar-refractivity contribution in [1.82, 2.24) is 0 Å². The van der Waals surface area contributed by atoms with Crippen LogP contribution in [0, 0.1) is 10.1 Å². The SMILES string of the molecule is COc1ccccc1NC(=O)c1c([N+](=O)[O-])cc2c(c1OC)OCO2. The predicted molar refractivity (Wildman–Crippen MR) is 86.7 cm³/mol. The fourth-order valence-corrected chi connectivity index (χ4v) is 2.49. The molecule has 2 aromatic rings. The number of ether oxygens (including phenoxy) is 4. The number of amides is 1. The number of hydrogen-bond acceptors (Lipinski definition) is 7. The topological polar surface area (TPSA) is 109 Å². The van der Waals surface area contributed by atoms with E-state index >= 15 is 0 Å². The standard InChI is InChI=1S/C16H14N2O7/c1-22-11-6-4-3-5-9(11)17-16(19)13-10(18(20)21)7-12-14(15(13)23-2)25-8-24-12/h3-7H,8H2,1-2H3,(H,17,19). The number of anilines is 1. The highest BCUT2D eigenvalue weighted by atomic mass is 16.7. The molecule has 0 unspecified atom stereocenters. The number of benzene rings is 2. The van der Waals surface area contributed by atoms with E-state index in [1.54, 1.807) is 24.3 Å². The number of carbonyl (C=O) groups is 1. The number of nitro groups is 1. The van der Waals surface area contributed by atoms with Crippen LogP contribution in [-0.4, -0.2) is 31.8 Å². The first-order valence-corrected chi connectivity index (χ1v) is 7.16. The quantitative estimate of drug-likeness (QED) is 0.654. The van der Waals surface area contributed by atoms with Crippen LogP contribution in [0.25, 0.3) is 0 Å². The summed E-state index contributed by atoms with van der Waals surface area (Å²) in [6, 6.07) is 7.84. The summed E-state index contributed by atoms with van der Waals surface area (Å²) >= 11 is 0. The van der Waals surface area contributed by atoms with Crippen LogP contribution in [0.4, 0.5) is 11.4 Å². The van der Waals surface area contributed by atoms with Crippen LogP contribution >= 0.6 is 0 Å². The molecule has 3 rings (SSSR count). The number of rotatable bonds is 5. The van der Waals surface area contributed by atoms with E-state index in [-0.39, 0.29) is 29.6 Å². The summed E-state index contributed by atoms with van der Waals surface area (Å²) in [6.45, 7) is -0.111. The zero-order chi connectivity index (χ0) is 18.0. The third-order valence-corrected chi connectivity index (χ3v) is 3.58. The number of hydrogen-bond donors (Lipinski definition) is 1. The van der Waals surface area contributed by atoms with Crippen molar-refractivity contribution < 1.29 is 28.7 Å². The molecule has 0 radical (unpaired) electrons. The second-order valence-electron chi connectivity index (χ2n) is 4.95. The molecule has 9 nitrogen and oxygen atoms in total. The number of para-hydroxylation sites is 2. The van der Waals surface area contributed by atoms with Crippen molar-refractivity contribution in [3.63, 3.8) is 0 Å². The van der Waals surface area contributed by atoms with Gasteiger partial charge in [0.15, 0.2) is 17.1 Å². The minimum absolute atomic E-state index is 0.0610. The molecule has 0 bridgehead atoms. The molecule has 25 heavy (non-hydrogen) atoms. The van der Waals surface area contributed by atoms with Crippen LogP contribution in [0.1, 0.15) is 10.4 Å². The predicted octanol–water partition coefficient (Wildman–Crippen LogP) is 2.59. The summed E-state index contributed by atoms with van der Waals surface area (Å²) in [6.07, 6.45) is 0. The van der Waals surface area contributed by atoms with Crippen molar-refractivity contribution in [3.8, 4) is 23.0 Å². The van der Waals surface area contributed by atoms with E-state index in [1.165, 1.54) is 14.2 Å². The molecule has 1 N–H and O–H groups in total. The van der Waals surface area contributed by atoms with Crippen LogP contribution in [-0.2, 0) is 0 Å². The van der Waals surface area contributed by atoms with E-state index in [0.29, 0.717) is 11.4 Å². The first kappa shape index (κ1) is 16.4. The average Bonchev–Trinajstić information content (AvgIpc) is 3.08. The summed E-state index contributed by atoms with van der Waals surface area (Å²) in [5.74, 6) is -0.0747. The average molecular weight is 346 g/mol. The van der Waals surface area contributed by atoms with Gasteiger partial charge in [0.25, 0.3) is 11.6 Å². The van der Waals surface area contributed by atoms with Crippen molar-refractivity contribution in [2.75, 3.05) is 26.3 Å². The fourth-order valence-electron chi connectivity index (χ4n) is 2.49. The number of nitrogens with zero attached hydrogens (tertiary/aromatic N) is 1. The number of methoxy groups -OCH3 is 2. The smallest absolute Gasteiger partial charge is 0.289 e. The van der Waals surface area contributed by atoms with Crippen LogP contribution in [0.3, 0.4) is 0 Å². The highest BCUT2D eigenvalue weighted by Gasteiger charge is 2.34. The molecule has 2 aromatic carbocycles. The van der Waals surface area contributed by atoms with Gasteiger partial charge in [-0.2, -0.15) is 0 Å². The Morgan fingerprint density at radius 1 is 1.24 bits per heavy atom. The van der Waals surface area contributed by atoms with Crippen molar-refractivity contribution in [3.05, 3.63) is 46.0 Å². The van der Waals surface area contributed by atoms with Crippen LogP contribution in [0.15, 0.2) is 30.3 Å². The Kier molecular flexibility index (Phi) is 4.29. The summed E-state index contributed by atoms with van der Waals surface area (Å²) in [7, 11) is 2.75. The Hall–Kier alpha value is -3.49. The maximum absolute atomic E-state index is 12.7. The zero-order valence-corrected chi connectivity index (χ0v) is 13.4. The van der Waals surface area contributed by atoms with Gasteiger partial charge < -0.3 is 24.3 Å². The van der Waals surface area contributed by atoms with Gasteiger partial charge in [-0.3, -0.25) is 14.9 Å². The first-order chi connectivity index (χ1) is 12.1. The molecule has 0 atom stereocenters. The maximum atomic E-state index is 12.7. The second-order valence-corrected chi connectivity index (χ2v) is 4.95. The largest absolute Gasteiger partial charge is 0.495 e. The summed E-state index contributed by atoms with van der Waals surface area (Å²) in [5.41, 5.74) is -0.347. The number of nitrogens with one attached hydrogen (secondary N) is 1. The number of nitro benzene ring substituents is 1. The second kappa shape index (κ2) is 6.56. The van der Waals surface area contributed by atoms with Gasteiger partial charge in [0.1, 0.15) is 5.75 Å². The fraction of sp³-hybridized carbons (Fsp3) is 0.188. The van der Waals surface area contributed by atoms with Crippen LogP contribution < -0.4 is 24.3 Å². The number of fused-ring (bicyclic) bond motifs is 1. The van der Waals surface area contributed by atoms with Gasteiger partial charge in [-0.15, -0.1) is 0 Å². The van der Waals surface area contributed by atoms with E-state index < -0.39 is 16.5 Å². The molecule has 0 saturated heterocycles. The molecular formula is C16H14N2O7. The Labute approximate surface area is 142 Å². The molecule has 1 amide bonds. The summed E-state index contributed by atoms with van der Waals surface area (Å²) < 4.78 is 20.8. The zero-order valence-electron chi connectivity index (χ0n) is 13.4. The van der Waals surface area contributed by atoms with E-state index in [4.69, 9.17) is 18.9 Å². The Morgan fingerprint density at radius 2 is 2.00 bits per heavy atom. The highest BCUT2D eigenvalue weighted by molar-refractivity contribution is 6.10. The molecule has 9 heteroatoms. The number of carbonyl (C=O) groups excluding carboxylic acids is 1. The highest BCUT2D eigenvalue weighted by Crippen LogP contribution is 2.47. The van der Waals surface area contributed by atoms with Gasteiger partial charge in [-0.25, -0.2) is 0 Å². The van der Waals surface area contributed by atoms with E-state index in [2.05, 4.69) is 5.32 Å². The summed E-state index contributed by atoms with van der Waals surface area (Å²) in [4.78, 5) is 23.5. The lowest BCUT2D eigenvalue weighted by Gasteiger charge is -2.13. The Bertz CT molecular complexity index is 851. The minimum Gasteiger partial charge on any atom is -0.495 e. The maximum Gasteiger partial charge on any atom is 0.289 e. The van der Waals surface area contributed by atoms with Gasteiger partial charge in [0.05, 0.1) is 30.9 Å². The first-order valence-electron chi connectivity index (χ1n) is 7.16. The molecule has 1 aliphatic rings. The minimum atomic E-state index is -0.730. The summed E-state index contributed by atoms with van der Waals surface area (Å²) in [5, 5.41) is 14.0. The van der Waals surface area contributed by atoms with Crippen molar-refractivity contribution in [2.45, 2.75) is 0 Å². The van der Waals surface area contributed by atoms with Gasteiger partial charge in [0.2, 0.25) is 12.5 Å². The van der Waals surface area contributed by atoms with Crippen LogP contribution in [0.5, 0.6) is 23.0 Å².